The van der Waals surface area contributed by atoms with E-state index in [1.165, 1.54) is 4.90 Å². The molecule has 0 aliphatic rings. The van der Waals surface area contributed by atoms with Crippen molar-refractivity contribution in [2.75, 3.05) is 32.6 Å². The van der Waals surface area contributed by atoms with Crippen molar-refractivity contribution in [2.45, 2.75) is 13.8 Å². The molecule has 2 aromatic rings. The molecule has 1 N–H and O–H groups in total. The zero-order valence-electron chi connectivity index (χ0n) is 15.5. The number of nitrogens with zero attached hydrogens (tertiary/aromatic N) is 1. The number of ether oxygens (including phenoxy) is 2. The van der Waals surface area contributed by atoms with Crippen LogP contribution in [-0.4, -0.2) is 44.0 Å². The predicted octanol–water partition coefficient (Wildman–Crippen LogP) is 2.79. The summed E-state index contributed by atoms with van der Waals surface area (Å²) in [5.74, 6) is 0.759. The molecule has 6 heteroatoms. The van der Waals surface area contributed by atoms with Gasteiger partial charge in [0, 0.05) is 18.8 Å². The molecule has 0 bridgehead atoms. The Balaban J connectivity index is 1.85. The van der Waals surface area contributed by atoms with Gasteiger partial charge in [0.1, 0.15) is 11.5 Å². The average Bonchev–Trinajstić information content (AvgIpc) is 2.62. The molecule has 0 saturated carbocycles. The van der Waals surface area contributed by atoms with Gasteiger partial charge in [-0.15, -0.1) is 0 Å². The molecule has 2 aromatic carbocycles. The summed E-state index contributed by atoms with van der Waals surface area (Å²) in [7, 11) is 3.13. The zero-order chi connectivity index (χ0) is 19.1. The highest BCUT2D eigenvalue weighted by Gasteiger charge is 2.14. The van der Waals surface area contributed by atoms with E-state index in [2.05, 4.69) is 5.32 Å². The normalized spacial score (nSPS) is 10.2. The van der Waals surface area contributed by atoms with Crippen LogP contribution in [0.5, 0.6) is 11.5 Å². The van der Waals surface area contributed by atoms with Crippen molar-refractivity contribution < 1.29 is 19.1 Å². The van der Waals surface area contributed by atoms with Crippen LogP contribution in [0.4, 0.5) is 5.69 Å². The molecule has 0 radical (unpaired) electrons. The van der Waals surface area contributed by atoms with Crippen LogP contribution in [0.1, 0.15) is 11.1 Å². The van der Waals surface area contributed by atoms with Gasteiger partial charge in [-0.1, -0.05) is 18.2 Å². The third-order valence-electron chi connectivity index (χ3n) is 3.85. The van der Waals surface area contributed by atoms with E-state index in [4.69, 9.17) is 9.47 Å². The first-order chi connectivity index (χ1) is 12.4. The molecule has 0 fully saturated rings. The van der Waals surface area contributed by atoms with Crippen LogP contribution in [0.2, 0.25) is 0 Å². The Bertz CT molecular complexity index is 789. The lowest BCUT2D eigenvalue weighted by molar-refractivity contribution is -0.135. The highest BCUT2D eigenvalue weighted by molar-refractivity contribution is 5.94. The summed E-state index contributed by atoms with van der Waals surface area (Å²) >= 11 is 0. The monoisotopic (exact) mass is 356 g/mol. The fraction of sp³-hybridized carbons (Fsp3) is 0.300. The summed E-state index contributed by atoms with van der Waals surface area (Å²) in [6, 6.07) is 12.9. The Morgan fingerprint density at radius 3 is 2.62 bits per heavy atom. The van der Waals surface area contributed by atoms with Crippen LogP contribution in [-0.2, 0) is 9.59 Å². The number of hydrogen-bond donors (Lipinski definition) is 1. The summed E-state index contributed by atoms with van der Waals surface area (Å²) in [4.78, 5) is 25.6. The van der Waals surface area contributed by atoms with Crippen LogP contribution in [0.15, 0.2) is 42.5 Å². The second-order valence-electron chi connectivity index (χ2n) is 6.09. The number of nitrogens with one attached hydrogen (secondary N) is 1. The van der Waals surface area contributed by atoms with Gasteiger partial charge in [-0.25, -0.2) is 0 Å². The number of likely N-dealkylation sites (N-methyl/N-ethyl adjacent to an activating group) is 1. The first kappa shape index (κ1) is 19.3. The van der Waals surface area contributed by atoms with Crippen LogP contribution in [0.3, 0.4) is 0 Å². The topological polar surface area (TPSA) is 67.9 Å². The molecule has 0 unspecified atom stereocenters. The van der Waals surface area contributed by atoms with E-state index in [1.54, 1.807) is 38.4 Å². The number of carbonyl (C=O) groups excluding carboxylic acids is 2. The zero-order valence-corrected chi connectivity index (χ0v) is 15.5. The Hall–Kier alpha value is -3.02. The second kappa shape index (κ2) is 8.89. The number of hydrogen-bond acceptors (Lipinski definition) is 4. The van der Waals surface area contributed by atoms with Gasteiger partial charge in [0.05, 0.1) is 13.7 Å². The SMILES string of the molecule is COc1cccc(NC(=O)CN(C)C(=O)COc2cc(C)ccc2C)c1. The first-order valence-corrected chi connectivity index (χ1v) is 8.27. The predicted molar refractivity (Wildman–Crippen MR) is 101 cm³/mol. The number of anilines is 1. The minimum Gasteiger partial charge on any atom is -0.497 e. The van der Waals surface area contributed by atoms with Crippen molar-refractivity contribution in [1.29, 1.82) is 0 Å². The quantitative estimate of drug-likeness (QED) is 0.828. The Morgan fingerprint density at radius 2 is 1.88 bits per heavy atom. The summed E-state index contributed by atoms with van der Waals surface area (Å²) < 4.78 is 10.7. The number of rotatable bonds is 7. The van der Waals surface area contributed by atoms with Gasteiger partial charge < -0.3 is 19.7 Å². The maximum atomic E-state index is 12.2. The van der Waals surface area contributed by atoms with E-state index >= 15 is 0 Å². The summed E-state index contributed by atoms with van der Waals surface area (Å²) in [6.07, 6.45) is 0. The molecule has 0 atom stereocenters. The number of amides is 2. The molecule has 26 heavy (non-hydrogen) atoms. The van der Waals surface area contributed by atoms with Gasteiger partial charge in [-0.3, -0.25) is 9.59 Å². The molecule has 0 saturated heterocycles. The molecular formula is C20H24N2O4. The Morgan fingerprint density at radius 1 is 1.12 bits per heavy atom. The smallest absolute Gasteiger partial charge is 0.260 e. The van der Waals surface area contributed by atoms with E-state index in [0.717, 1.165) is 11.1 Å². The third kappa shape index (κ3) is 5.51. The second-order valence-corrected chi connectivity index (χ2v) is 6.09. The molecule has 0 heterocycles. The summed E-state index contributed by atoms with van der Waals surface area (Å²) in [5.41, 5.74) is 2.63. The lowest BCUT2D eigenvalue weighted by Gasteiger charge is -2.18. The average molecular weight is 356 g/mol. The molecule has 0 aliphatic carbocycles. The lowest BCUT2D eigenvalue weighted by Crippen LogP contribution is -2.37. The van der Waals surface area contributed by atoms with Crippen LogP contribution >= 0.6 is 0 Å². The van der Waals surface area contributed by atoms with E-state index in [1.807, 2.05) is 32.0 Å². The first-order valence-electron chi connectivity index (χ1n) is 8.27. The molecule has 138 valence electrons. The number of aryl methyl sites for hydroxylation is 2. The van der Waals surface area contributed by atoms with Crippen molar-refractivity contribution >= 4 is 17.5 Å². The van der Waals surface area contributed by atoms with Crippen molar-refractivity contribution in [1.82, 2.24) is 4.90 Å². The Labute approximate surface area is 153 Å². The van der Waals surface area contributed by atoms with E-state index in [0.29, 0.717) is 17.2 Å². The van der Waals surface area contributed by atoms with Crippen molar-refractivity contribution in [3.8, 4) is 11.5 Å². The summed E-state index contributed by atoms with van der Waals surface area (Å²) in [6.45, 7) is 3.70. The Kier molecular flexibility index (Phi) is 6.60. The van der Waals surface area contributed by atoms with Crippen molar-refractivity contribution in [3.05, 3.63) is 53.6 Å². The van der Waals surface area contributed by atoms with Gasteiger partial charge in [-0.2, -0.15) is 0 Å². The fourth-order valence-corrected chi connectivity index (χ4v) is 2.32. The standard InChI is InChI=1S/C20H24N2O4/c1-14-8-9-15(2)18(10-14)26-13-20(24)22(3)12-19(23)21-16-6-5-7-17(11-16)25-4/h5-11H,12-13H2,1-4H3,(H,21,23). The lowest BCUT2D eigenvalue weighted by atomic mass is 10.1. The van der Waals surface area contributed by atoms with Crippen LogP contribution in [0, 0.1) is 13.8 Å². The third-order valence-corrected chi connectivity index (χ3v) is 3.85. The van der Waals surface area contributed by atoms with Gasteiger partial charge in [-0.05, 0) is 43.2 Å². The van der Waals surface area contributed by atoms with Crippen LogP contribution < -0.4 is 14.8 Å². The largest absolute Gasteiger partial charge is 0.497 e. The number of benzene rings is 2. The summed E-state index contributed by atoms with van der Waals surface area (Å²) in [5, 5.41) is 2.74. The number of carbonyl (C=O) groups is 2. The van der Waals surface area contributed by atoms with Gasteiger partial charge in [0.15, 0.2) is 6.61 Å². The van der Waals surface area contributed by atoms with E-state index in [9.17, 15) is 9.59 Å². The maximum Gasteiger partial charge on any atom is 0.260 e. The van der Waals surface area contributed by atoms with Gasteiger partial charge in [0.25, 0.3) is 5.91 Å². The van der Waals surface area contributed by atoms with E-state index < -0.39 is 0 Å². The van der Waals surface area contributed by atoms with Crippen LogP contribution in [0.25, 0.3) is 0 Å². The molecule has 2 rings (SSSR count). The van der Waals surface area contributed by atoms with Crippen molar-refractivity contribution in [3.63, 3.8) is 0 Å². The molecule has 6 nitrogen and oxygen atoms in total. The molecule has 0 aliphatic heterocycles. The minimum atomic E-state index is -0.291. The fourth-order valence-electron chi connectivity index (χ4n) is 2.32. The molecular weight excluding hydrogens is 332 g/mol. The van der Waals surface area contributed by atoms with E-state index in [-0.39, 0.29) is 25.0 Å². The minimum absolute atomic E-state index is 0.0633. The van der Waals surface area contributed by atoms with Gasteiger partial charge in [0.2, 0.25) is 5.91 Å². The molecule has 2 amide bonds. The molecule has 0 spiro atoms. The van der Waals surface area contributed by atoms with Crippen molar-refractivity contribution in [2.24, 2.45) is 0 Å². The highest BCUT2D eigenvalue weighted by Crippen LogP contribution is 2.19. The highest BCUT2D eigenvalue weighted by atomic mass is 16.5. The van der Waals surface area contributed by atoms with Gasteiger partial charge >= 0.3 is 0 Å². The molecule has 0 aromatic heterocycles. The number of methoxy groups -OCH3 is 1. The maximum absolute atomic E-state index is 12.2.